The highest BCUT2D eigenvalue weighted by Gasteiger charge is 2.23. The lowest BCUT2D eigenvalue weighted by Gasteiger charge is -2.31. The van der Waals surface area contributed by atoms with E-state index in [-0.39, 0.29) is 11.8 Å². The SMILES string of the molecule is CC(=O)N1CCCC(c2cnc(Nc3ncccn3)cn2)C1. The van der Waals surface area contributed by atoms with Crippen LogP contribution < -0.4 is 5.32 Å². The summed E-state index contributed by atoms with van der Waals surface area (Å²) in [6, 6.07) is 1.75. The van der Waals surface area contributed by atoms with Gasteiger partial charge in [0.05, 0.1) is 18.1 Å². The highest BCUT2D eigenvalue weighted by molar-refractivity contribution is 5.73. The van der Waals surface area contributed by atoms with E-state index >= 15 is 0 Å². The fourth-order valence-corrected chi connectivity index (χ4v) is 2.60. The molecule has 2 aromatic rings. The smallest absolute Gasteiger partial charge is 0.228 e. The van der Waals surface area contributed by atoms with Crippen molar-refractivity contribution in [1.29, 1.82) is 0 Å². The fourth-order valence-electron chi connectivity index (χ4n) is 2.60. The van der Waals surface area contributed by atoms with Crippen LogP contribution in [0.1, 0.15) is 31.4 Å². The number of anilines is 2. The zero-order chi connectivity index (χ0) is 15.4. The summed E-state index contributed by atoms with van der Waals surface area (Å²) in [6.07, 6.45) is 8.81. The number of amides is 1. The zero-order valence-electron chi connectivity index (χ0n) is 12.4. The van der Waals surface area contributed by atoms with Gasteiger partial charge in [0.2, 0.25) is 11.9 Å². The van der Waals surface area contributed by atoms with E-state index in [4.69, 9.17) is 0 Å². The topological polar surface area (TPSA) is 83.9 Å². The summed E-state index contributed by atoms with van der Waals surface area (Å²) in [5.41, 5.74) is 0.922. The third-order valence-corrected chi connectivity index (χ3v) is 3.76. The van der Waals surface area contributed by atoms with E-state index in [1.54, 1.807) is 37.8 Å². The first-order valence-electron chi connectivity index (χ1n) is 7.34. The van der Waals surface area contributed by atoms with Gasteiger partial charge in [-0.2, -0.15) is 0 Å². The Labute approximate surface area is 128 Å². The van der Waals surface area contributed by atoms with Crippen LogP contribution in [0.4, 0.5) is 11.8 Å². The molecular formula is C15H18N6O. The summed E-state index contributed by atoms with van der Waals surface area (Å²) in [4.78, 5) is 30.4. The molecule has 0 aliphatic carbocycles. The molecule has 7 nitrogen and oxygen atoms in total. The number of hydrogen-bond acceptors (Lipinski definition) is 6. The molecule has 0 spiro atoms. The van der Waals surface area contributed by atoms with Gasteiger partial charge in [-0.25, -0.2) is 15.0 Å². The number of nitrogens with one attached hydrogen (secondary N) is 1. The lowest BCUT2D eigenvalue weighted by Crippen LogP contribution is -2.37. The maximum atomic E-state index is 11.5. The van der Waals surface area contributed by atoms with E-state index in [1.807, 2.05) is 4.90 Å². The number of hydrogen-bond donors (Lipinski definition) is 1. The summed E-state index contributed by atoms with van der Waals surface area (Å²) in [5.74, 6) is 1.48. The molecule has 1 amide bonds. The van der Waals surface area contributed by atoms with Crippen LogP contribution in [0, 0.1) is 0 Å². The summed E-state index contributed by atoms with van der Waals surface area (Å²) in [6.45, 7) is 3.17. The monoisotopic (exact) mass is 298 g/mol. The van der Waals surface area contributed by atoms with Gasteiger partial charge in [0.1, 0.15) is 0 Å². The molecule has 22 heavy (non-hydrogen) atoms. The van der Waals surface area contributed by atoms with Crippen molar-refractivity contribution in [2.75, 3.05) is 18.4 Å². The molecule has 3 heterocycles. The Morgan fingerprint density at radius 2 is 2.05 bits per heavy atom. The van der Waals surface area contributed by atoms with E-state index in [1.165, 1.54) is 0 Å². The molecule has 0 radical (unpaired) electrons. The number of likely N-dealkylation sites (tertiary alicyclic amines) is 1. The first-order valence-corrected chi connectivity index (χ1v) is 7.34. The molecule has 1 fully saturated rings. The molecule has 114 valence electrons. The normalized spacial score (nSPS) is 18.0. The zero-order valence-corrected chi connectivity index (χ0v) is 12.4. The van der Waals surface area contributed by atoms with Gasteiger partial charge in [0, 0.05) is 38.3 Å². The van der Waals surface area contributed by atoms with Crippen LogP contribution in [0.2, 0.25) is 0 Å². The Morgan fingerprint density at radius 3 is 2.73 bits per heavy atom. The van der Waals surface area contributed by atoms with Crippen molar-refractivity contribution < 1.29 is 4.79 Å². The van der Waals surface area contributed by atoms with Gasteiger partial charge in [-0.05, 0) is 18.9 Å². The van der Waals surface area contributed by atoms with Gasteiger partial charge in [0.15, 0.2) is 5.82 Å². The lowest BCUT2D eigenvalue weighted by molar-refractivity contribution is -0.130. The number of carbonyl (C=O) groups excluding carboxylic acids is 1. The molecule has 7 heteroatoms. The van der Waals surface area contributed by atoms with Gasteiger partial charge in [-0.15, -0.1) is 0 Å². The molecular weight excluding hydrogens is 280 g/mol. The minimum absolute atomic E-state index is 0.122. The summed E-state index contributed by atoms with van der Waals surface area (Å²) < 4.78 is 0. The van der Waals surface area contributed by atoms with E-state index in [0.717, 1.165) is 31.6 Å². The van der Waals surface area contributed by atoms with E-state index < -0.39 is 0 Å². The Morgan fingerprint density at radius 1 is 1.23 bits per heavy atom. The van der Waals surface area contributed by atoms with E-state index in [0.29, 0.717) is 11.8 Å². The van der Waals surface area contributed by atoms with Crippen LogP contribution in [0.15, 0.2) is 30.9 Å². The predicted octanol–water partition coefficient (Wildman–Crippen LogP) is 1.74. The quantitative estimate of drug-likeness (QED) is 0.929. The fraction of sp³-hybridized carbons (Fsp3) is 0.400. The molecule has 0 saturated carbocycles. The summed E-state index contributed by atoms with van der Waals surface area (Å²) in [5, 5.41) is 3.00. The number of nitrogens with zero attached hydrogens (tertiary/aromatic N) is 5. The van der Waals surface area contributed by atoms with Crippen LogP contribution in [-0.4, -0.2) is 43.8 Å². The van der Waals surface area contributed by atoms with Crippen LogP contribution >= 0.6 is 0 Å². The second kappa shape index (κ2) is 6.46. The van der Waals surface area contributed by atoms with Crippen molar-refractivity contribution in [2.24, 2.45) is 0 Å². The molecule has 1 aliphatic rings. The Kier molecular flexibility index (Phi) is 4.22. The average Bonchev–Trinajstić information content (AvgIpc) is 2.56. The van der Waals surface area contributed by atoms with Crippen LogP contribution in [0.5, 0.6) is 0 Å². The van der Waals surface area contributed by atoms with Gasteiger partial charge < -0.3 is 10.2 Å². The third kappa shape index (κ3) is 3.36. The number of piperidine rings is 1. The van der Waals surface area contributed by atoms with E-state index in [2.05, 4.69) is 25.3 Å². The van der Waals surface area contributed by atoms with Gasteiger partial charge >= 0.3 is 0 Å². The summed E-state index contributed by atoms with van der Waals surface area (Å²) in [7, 11) is 0. The van der Waals surface area contributed by atoms with Crippen LogP contribution in [0.25, 0.3) is 0 Å². The first-order chi connectivity index (χ1) is 10.7. The number of rotatable bonds is 3. The van der Waals surface area contributed by atoms with Crippen molar-refractivity contribution in [1.82, 2.24) is 24.8 Å². The number of aromatic nitrogens is 4. The highest BCUT2D eigenvalue weighted by atomic mass is 16.2. The maximum absolute atomic E-state index is 11.5. The molecule has 1 N–H and O–H groups in total. The second-order valence-corrected chi connectivity index (χ2v) is 5.33. The van der Waals surface area contributed by atoms with Crippen LogP contribution in [0.3, 0.4) is 0 Å². The van der Waals surface area contributed by atoms with Crippen molar-refractivity contribution in [2.45, 2.75) is 25.7 Å². The molecule has 1 unspecified atom stereocenters. The molecule has 0 bridgehead atoms. The minimum Gasteiger partial charge on any atom is -0.342 e. The van der Waals surface area contributed by atoms with Crippen molar-refractivity contribution in [3.8, 4) is 0 Å². The van der Waals surface area contributed by atoms with Crippen LogP contribution in [-0.2, 0) is 4.79 Å². The first kappa shape index (κ1) is 14.4. The van der Waals surface area contributed by atoms with Gasteiger partial charge in [0.25, 0.3) is 0 Å². The second-order valence-electron chi connectivity index (χ2n) is 5.33. The predicted molar refractivity (Wildman–Crippen MR) is 81.6 cm³/mol. The van der Waals surface area contributed by atoms with Crippen molar-refractivity contribution in [3.05, 3.63) is 36.5 Å². The Bertz CT molecular complexity index is 630. The standard InChI is InChI=1S/C15H18N6O/c1-11(22)21-7-2-4-12(10-21)13-8-19-14(9-18-13)20-15-16-5-3-6-17-15/h3,5-6,8-9,12H,2,4,7,10H2,1H3,(H,16,17,19,20). The summed E-state index contributed by atoms with van der Waals surface area (Å²) >= 11 is 0. The lowest BCUT2D eigenvalue weighted by atomic mass is 9.95. The third-order valence-electron chi connectivity index (χ3n) is 3.76. The molecule has 1 saturated heterocycles. The van der Waals surface area contributed by atoms with Gasteiger partial charge in [-0.3, -0.25) is 9.78 Å². The van der Waals surface area contributed by atoms with Crippen molar-refractivity contribution >= 4 is 17.7 Å². The van der Waals surface area contributed by atoms with Crippen molar-refractivity contribution in [3.63, 3.8) is 0 Å². The Hall–Kier alpha value is -2.57. The molecule has 2 aromatic heterocycles. The molecule has 1 atom stereocenters. The molecule has 1 aliphatic heterocycles. The van der Waals surface area contributed by atoms with Gasteiger partial charge in [-0.1, -0.05) is 0 Å². The van der Waals surface area contributed by atoms with E-state index in [9.17, 15) is 4.79 Å². The maximum Gasteiger partial charge on any atom is 0.228 e. The highest BCUT2D eigenvalue weighted by Crippen LogP contribution is 2.25. The minimum atomic E-state index is 0.122. The number of carbonyl (C=O) groups is 1. The molecule has 0 aromatic carbocycles. The average molecular weight is 298 g/mol. The largest absolute Gasteiger partial charge is 0.342 e. The molecule has 3 rings (SSSR count). The Balaban J connectivity index is 1.67.